The van der Waals surface area contributed by atoms with Gasteiger partial charge in [-0.1, -0.05) is 18.7 Å². The first-order valence-corrected chi connectivity index (χ1v) is 8.63. The van der Waals surface area contributed by atoms with Crippen molar-refractivity contribution < 1.29 is 8.42 Å². The Labute approximate surface area is 112 Å². The highest BCUT2D eigenvalue weighted by Gasteiger charge is 2.11. The molecule has 1 aromatic heterocycles. The third-order valence-electron chi connectivity index (χ3n) is 2.21. The maximum Gasteiger partial charge on any atom is 0.209 e. The molecule has 0 saturated heterocycles. The van der Waals surface area contributed by atoms with E-state index in [1.165, 1.54) is 11.8 Å². The molecule has 18 heavy (non-hydrogen) atoms. The van der Waals surface area contributed by atoms with Crippen molar-refractivity contribution in [2.24, 2.45) is 0 Å². The highest BCUT2D eigenvalue weighted by molar-refractivity contribution is 8.00. The van der Waals surface area contributed by atoms with Gasteiger partial charge in [0.2, 0.25) is 5.16 Å². The van der Waals surface area contributed by atoms with E-state index in [-0.39, 0.29) is 11.5 Å². The third kappa shape index (κ3) is 5.32. The number of tetrazole rings is 1. The van der Waals surface area contributed by atoms with E-state index in [0.29, 0.717) is 23.9 Å². The fraction of sp³-hybridized carbons (Fsp3) is 0.889. The van der Waals surface area contributed by atoms with E-state index in [9.17, 15) is 8.42 Å². The predicted molar refractivity (Wildman–Crippen MR) is 71.4 cm³/mol. The van der Waals surface area contributed by atoms with Crippen molar-refractivity contribution in [3.63, 3.8) is 0 Å². The zero-order valence-electron chi connectivity index (χ0n) is 10.7. The molecule has 0 aliphatic heterocycles. The highest BCUT2D eigenvalue weighted by Crippen LogP contribution is 2.14. The number of nitrogens with zero attached hydrogens (tertiary/aromatic N) is 4. The average molecular weight is 293 g/mol. The Morgan fingerprint density at radius 3 is 2.83 bits per heavy atom. The monoisotopic (exact) mass is 293 g/mol. The number of thioether (sulfide) groups is 1. The lowest BCUT2D eigenvalue weighted by Gasteiger charge is -2.04. The molecule has 0 radical (unpaired) electrons. The molecule has 0 aromatic carbocycles. The van der Waals surface area contributed by atoms with Crippen molar-refractivity contribution in [1.29, 1.82) is 0 Å². The lowest BCUT2D eigenvalue weighted by atomic mass is 10.6. The Hall–Kier alpha value is -0.670. The van der Waals surface area contributed by atoms with Gasteiger partial charge in [0.05, 0.1) is 12.3 Å². The summed E-state index contributed by atoms with van der Waals surface area (Å²) in [6.45, 7) is 3.31. The highest BCUT2D eigenvalue weighted by atomic mass is 32.2. The second-order valence-corrected chi connectivity index (χ2v) is 7.15. The minimum atomic E-state index is -2.93. The molecule has 0 saturated carbocycles. The first-order chi connectivity index (χ1) is 8.59. The van der Waals surface area contributed by atoms with Gasteiger partial charge in [-0.25, -0.2) is 13.1 Å². The largest absolute Gasteiger partial charge is 0.318 e. The van der Waals surface area contributed by atoms with Gasteiger partial charge in [-0.2, -0.15) is 0 Å². The molecule has 0 bridgehead atoms. The average Bonchev–Trinajstić information content (AvgIpc) is 2.73. The summed E-state index contributed by atoms with van der Waals surface area (Å²) < 4.78 is 24.7. The quantitative estimate of drug-likeness (QED) is 0.631. The normalized spacial score (nSPS) is 11.9. The van der Waals surface area contributed by atoms with Gasteiger partial charge in [-0.05, 0) is 23.9 Å². The zero-order chi connectivity index (χ0) is 13.4. The molecule has 1 rings (SSSR count). The van der Waals surface area contributed by atoms with Crippen LogP contribution in [0.25, 0.3) is 0 Å². The minimum absolute atomic E-state index is 0.171. The fourth-order valence-electron chi connectivity index (χ4n) is 1.33. The maximum absolute atomic E-state index is 11.5. The molecular formula is C9H19N5O2S2. The van der Waals surface area contributed by atoms with Crippen molar-refractivity contribution in [3.05, 3.63) is 0 Å². The molecule has 0 amide bonds. The van der Waals surface area contributed by atoms with Crippen LogP contribution < -0.4 is 5.32 Å². The van der Waals surface area contributed by atoms with Crippen molar-refractivity contribution in [1.82, 2.24) is 25.5 Å². The van der Waals surface area contributed by atoms with Crippen LogP contribution in [0.5, 0.6) is 0 Å². The first kappa shape index (κ1) is 15.4. The Morgan fingerprint density at radius 2 is 2.17 bits per heavy atom. The van der Waals surface area contributed by atoms with Gasteiger partial charge in [-0.3, -0.25) is 0 Å². The second kappa shape index (κ2) is 7.70. The zero-order valence-corrected chi connectivity index (χ0v) is 12.3. The number of hydrogen-bond donors (Lipinski definition) is 1. The van der Waals surface area contributed by atoms with Gasteiger partial charge in [0, 0.05) is 18.1 Å². The van der Waals surface area contributed by atoms with Gasteiger partial charge < -0.3 is 5.32 Å². The smallest absolute Gasteiger partial charge is 0.209 e. The van der Waals surface area contributed by atoms with Gasteiger partial charge >= 0.3 is 0 Å². The topological polar surface area (TPSA) is 89.8 Å². The Balaban J connectivity index is 2.42. The van der Waals surface area contributed by atoms with Crippen LogP contribution in [0.3, 0.4) is 0 Å². The van der Waals surface area contributed by atoms with Gasteiger partial charge in [0.15, 0.2) is 9.84 Å². The molecular weight excluding hydrogens is 274 g/mol. The van der Waals surface area contributed by atoms with Crippen LogP contribution in [-0.2, 0) is 16.4 Å². The molecule has 1 N–H and O–H groups in total. The predicted octanol–water partition coefficient (Wildman–Crippen LogP) is -0.191. The van der Waals surface area contributed by atoms with Crippen molar-refractivity contribution in [2.45, 2.75) is 25.0 Å². The number of aromatic nitrogens is 4. The standard InChI is InChI=1S/C9H19N5O2S2/c1-3-7-18(15,16)8-6-17-9-11-12-13-14(9)5-4-10-2/h10H,3-8H2,1-2H3. The molecule has 0 spiro atoms. The summed E-state index contributed by atoms with van der Waals surface area (Å²) in [5.41, 5.74) is 0. The Morgan fingerprint density at radius 1 is 1.39 bits per heavy atom. The van der Waals surface area contributed by atoms with Crippen LogP contribution in [0.2, 0.25) is 0 Å². The summed E-state index contributed by atoms with van der Waals surface area (Å²) in [5.74, 6) is 0.908. The third-order valence-corrected chi connectivity index (χ3v) is 5.29. The summed E-state index contributed by atoms with van der Waals surface area (Å²) in [4.78, 5) is 0. The van der Waals surface area contributed by atoms with E-state index in [1.54, 1.807) is 4.68 Å². The van der Waals surface area contributed by atoms with Gasteiger partial charge in [0.1, 0.15) is 0 Å². The molecule has 1 heterocycles. The molecule has 0 unspecified atom stereocenters. The molecule has 0 atom stereocenters. The van der Waals surface area contributed by atoms with E-state index in [2.05, 4.69) is 20.8 Å². The maximum atomic E-state index is 11.5. The number of nitrogens with one attached hydrogen (secondary N) is 1. The van der Waals surface area contributed by atoms with Crippen LogP contribution in [0.4, 0.5) is 0 Å². The number of sulfone groups is 1. The molecule has 7 nitrogen and oxygen atoms in total. The molecule has 0 aliphatic carbocycles. The summed E-state index contributed by atoms with van der Waals surface area (Å²) in [5, 5.41) is 15.0. The molecule has 9 heteroatoms. The van der Waals surface area contributed by atoms with Crippen LogP contribution in [0.1, 0.15) is 13.3 Å². The summed E-state index contributed by atoms with van der Waals surface area (Å²) in [6, 6.07) is 0. The summed E-state index contributed by atoms with van der Waals surface area (Å²) >= 11 is 1.38. The first-order valence-electron chi connectivity index (χ1n) is 5.83. The van der Waals surface area contributed by atoms with Crippen LogP contribution in [-0.4, -0.2) is 59.5 Å². The van der Waals surface area contributed by atoms with Gasteiger partial charge in [-0.15, -0.1) is 5.10 Å². The van der Waals surface area contributed by atoms with E-state index in [1.807, 2.05) is 14.0 Å². The number of likely N-dealkylation sites (N-methyl/N-ethyl adjacent to an activating group) is 1. The van der Waals surface area contributed by atoms with Crippen molar-refractivity contribution in [3.8, 4) is 0 Å². The second-order valence-electron chi connectivity index (χ2n) is 3.79. The molecule has 104 valence electrons. The van der Waals surface area contributed by atoms with Crippen molar-refractivity contribution >= 4 is 21.6 Å². The molecule has 1 aromatic rings. The lowest BCUT2D eigenvalue weighted by molar-refractivity contribution is 0.530. The van der Waals surface area contributed by atoms with Crippen LogP contribution in [0, 0.1) is 0 Å². The van der Waals surface area contributed by atoms with Crippen molar-refractivity contribution in [2.75, 3.05) is 30.9 Å². The van der Waals surface area contributed by atoms with E-state index < -0.39 is 9.84 Å². The van der Waals surface area contributed by atoms with E-state index >= 15 is 0 Å². The minimum Gasteiger partial charge on any atom is -0.318 e. The van der Waals surface area contributed by atoms with E-state index in [4.69, 9.17) is 0 Å². The molecule has 0 fully saturated rings. The van der Waals surface area contributed by atoms with Gasteiger partial charge in [0.25, 0.3) is 0 Å². The Bertz CT molecular complexity index is 446. The Kier molecular flexibility index (Phi) is 6.58. The number of rotatable bonds is 9. The van der Waals surface area contributed by atoms with Crippen LogP contribution >= 0.6 is 11.8 Å². The summed E-state index contributed by atoms with van der Waals surface area (Å²) in [6.07, 6.45) is 0.660. The fourth-order valence-corrected chi connectivity index (χ4v) is 4.06. The molecule has 0 aliphatic rings. The SMILES string of the molecule is CCCS(=O)(=O)CCSc1nnnn1CCNC. The van der Waals surface area contributed by atoms with Crippen LogP contribution in [0.15, 0.2) is 5.16 Å². The van der Waals surface area contributed by atoms with E-state index in [0.717, 1.165) is 6.54 Å². The lowest BCUT2D eigenvalue weighted by Crippen LogP contribution is -2.17. The summed E-state index contributed by atoms with van der Waals surface area (Å²) in [7, 11) is -1.07. The number of hydrogen-bond acceptors (Lipinski definition) is 7.